The van der Waals surface area contributed by atoms with Crippen LogP contribution in [0.2, 0.25) is 0 Å². The Balaban J connectivity index is 1.42. The number of hydrogen-bond acceptors (Lipinski definition) is 5. The van der Waals surface area contributed by atoms with Gasteiger partial charge in [0.1, 0.15) is 18.1 Å². The van der Waals surface area contributed by atoms with Gasteiger partial charge in [0, 0.05) is 37.9 Å². The Bertz CT molecular complexity index is 1410. The summed E-state index contributed by atoms with van der Waals surface area (Å²) in [5, 5.41) is 8.15. The fourth-order valence-electron chi connectivity index (χ4n) is 4.71. The third-order valence-electron chi connectivity index (χ3n) is 7.12. The Morgan fingerprint density at radius 2 is 1.50 bits per heavy atom. The molecule has 10 heteroatoms. The van der Waals surface area contributed by atoms with Gasteiger partial charge in [-0.3, -0.25) is 24.0 Å². The van der Waals surface area contributed by atoms with Crippen LogP contribution in [-0.4, -0.2) is 59.1 Å². The van der Waals surface area contributed by atoms with Crippen LogP contribution in [0.5, 0.6) is 0 Å². The first-order chi connectivity index (χ1) is 20.2. The fraction of sp³-hybridized carbons (Fsp3) is 0.281. The Morgan fingerprint density at radius 1 is 0.881 bits per heavy atom. The highest BCUT2D eigenvalue weighted by molar-refractivity contribution is 5.98. The van der Waals surface area contributed by atoms with E-state index in [2.05, 4.69) is 16.0 Å². The van der Waals surface area contributed by atoms with Crippen LogP contribution in [0.15, 0.2) is 84.9 Å². The molecule has 3 aromatic rings. The molecule has 1 aliphatic heterocycles. The van der Waals surface area contributed by atoms with E-state index in [4.69, 9.17) is 5.73 Å². The number of nitrogens with two attached hydrogens (primary N) is 1. The Morgan fingerprint density at radius 3 is 2.12 bits per heavy atom. The molecule has 3 aromatic carbocycles. The molecule has 0 saturated carbocycles. The van der Waals surface area contributed by atoms with E-state index in [9.17, 15) is 24.0 Å². The minimum absolute atomic E-state index is 0.161. The van der Waals surface area contributed by atoms with Crippen molar-refractivity contribution in [2.45, 2.75) is 50.9 Å². The van der Waals surface area contributed by atoms with E-state index in [-0.39, 0.29) is 37.7 Å². The highest BCUT2D eigenvalue weighted by Crippen LogP contribution is 2.15. The van der Waals surface area contributed by atoms with Crippen molar-refractivity contribution in [2.24, 2.45) is 5.73 Å². The third kappa shape index (κ3) is 8.26. The summed E-state index contributed by atoms with van der Waals surface area (Å²) < 4.78 is 0. The van der Waals surface area contributed by atoms with Crippen molar-refractivity contribution >= 4 is 29.5 Å². The minimum atomic E-state index is -0.942. The Labute approximate surface area is 244 Å². The molecule has 1 saturated heterocycles. The monoisotopic (exact) mass is 569 g/mol. The maximum Gasteiger partial charge on any atom is 0.251 e. The number of nitrogens with one attached hydrogen (secondary N) is 3. The molecule has 0 spiro atoms. The van der Waals surface area contributed by atoms with E-state index in [0.717, 1.165) is 16.7 Å². The molecule has 1 unspecified atom stereocenters. The summed E-state index contributed by atoms with van der Waals surface area (Å²) in [4.78, 5) is 64.8. The van der Waals surface area contributed by atoms with E-state index in [1.807, 2.05) is 60.7 Å². The van der Waals surface area contributed by atoms with Gasteiger partial charge in [-0.25, -0.2) is 0 Å². The van der Waals surface area contributed by atoms with Crippen molar-refractivity contribution in [1.82, 2.24) is 20.9 Å². The first-order valence-corrected chi connectivity index (χ1v) is 13.8. The summed E-state index contributed by atoms with van der Waals surface area (Å²) in [6.07, 6.45) is 0.823. The SMILES string of the molecule is C[C@H](NC(=O)[C@H](Cc1ccccc1)NC(=O)c1ccc(CN2CCC(=O)NC(Cc3ccccc3)C2=O)cc1)C(N)=O. The average molecular weight is 570 g/mol. The van der Waals surface area contributed by atoms with Gasteiger partial charge in [0.25, 0.3) is 5.91 Å². The van der Waals surface area contributed by atoms with Crippen molar-refractivity contribution in [3.8, 4) is 0 Å². The number of rotatable bonds is 11. The lowest BCUT2D eigenvalue weighted by Gasteiger charge is -2.24. The molecule has 3 atom stereocenters. The molecular formula is C32H35N5O5. The molecule has 5 amide bonds. The number of primary amides is 1. The van der Waals surface area contributed by atoms with Gasteiger partial charge in [-0.1, -0.05) is 72.8 Å². The molecule has 42 heavy (non-hydrogen) atoms. The summed E-state index contributed by atoms with van der Waals surface area (Å²) in [6.45, 7) is 2.05. The Hall–Kier alpha value is -4.99. The zero-order valence-corrected chi connectivity index (χ0v) is 23.4. The van der Waals surface area contributed by atoms with Gasteiger partial charge in [-0.2, -0.15) is 0 Å². The van der Waals surface area contributed by atoms with Gasteiger partial charge in [-0.15, -0.1) is 0 Å². The number of nitrogens with zero attached hydrogens (tertiary/aromatic N) is 1. The van der Waals surface area contributed by atoms with E-state index in [0.29, 0.717) is 12.0 Å². The summed E-state index contributed by atoms with van der Waals surface area (Å²) in [7, 11) is 0. The molecule has 1 heterocycles. The smallest absolute Gasteiger partial charge is 0.251 e. The first-order valence-electron chi connectivity index (χ1n) is 13.8. The van der Waals surface area contributed by atoms with Crippen LogP contribution in [0.3, 0.4) is 0 Å². The number of hydrogen-bond donors (Lipinski definition) is 4. The Kier molecular flexibility index (Phi) is 10.0. The summed E-state index contributed by atoms with van der Waals surface area (Å²) >= 11 is 0. The molecule has 0 radical (unpaired) electrons. The second-order valence-electron chi connectivity index (χ2n) is 10.4. The molecule has 5 N–H and O–H groups in total. The van der Waals surface area contributed by atoms with Crippen molar-refractivity contribution < 1.29 is 24.0 Å². The van der Waals surface area contributed by atoms with Crippen LogP contribution < -0.4 is 21.7 Å². The normalized spacial score (nSPS) is 16.5. The van der Waals surface area contributed by atoms with E-state index < -0.39 is 35.8 Å². The number of benzene rings is 3. The lowest BCUT2D eigenvalue weighted by atomic mass is 10.0. The van der Waals surface area contributed by atoms with E-state index in [1.165, 1.54) is 6.92 Å². The molecule has 10 nitrogen and oxygen atoms in total. The highest BCUT2D eigenvalue weighted by atomic mass is 16.2. The lowest BCUT2D eigenvalue weighted by molar-refractivity contribution is -0.134. The molecule has 1 aliphatic rings. The largest absolute Gasteiger partial charge is 0.368 e. The molecule has 0 aromatic heterocycles. The summed E-state index contributed by atoms with van der Waals surface area (Å²) in [6, 6.07) is 23.0. The van der Waals surface area contributed by atoms with Gasteiger partial charge in [0.05, 0.1) is 0 Å². The van der Waals surface area contributed by atoms with Gasteiger partial charge in [0.15, 0.2) is 0 Å². The number of amides is 5. The summed E-state index contributed by atoms with van der Waals surface area (Å²) in [5.74, 6) is -2.00. The second-order valence-corrected chi connectivity index (χ2v) is 10.4. The van der Waals surface area contributed by atoms with Gasteiger partial charge in [0.2, 0.25) is 23.6 Å². The standard InChI is InChI=1S/C32H35N5O5/c1-21(29(33)39)34-31(41)26(18-22-8-4-2-5-9-22)36-30(40)25-14-12-24(13-15-25)20-37-17-16-28(38)35-27(32(37)42)19-23-10-6-3-7-11-23/h2-15,21,26-27H,16-20H2,1H3,(H2,33,39)(H,34,41)(H,35,38)(H,36,40)/t21-,26-,27?/m0/s1. The quantitative estimate of drug-likeness (QED) is 0.276. The molecule has 4 rings (SSSR count). The van der Waals surface area contributed by atoms with Crippen LogP contribution in [0, 0.1) is 0 Å². The topological polar surface area (TPSA) is 151 Å². The van der Waals surface area contributed by atoms with Crippen molar-refractivity contribution in [1.29, 1.82) is 0 Å². The third-order valence-corrected chi connectivity index (χ3v) is 7.12. The van der Waals surface area contributed by atoms with Crippen molar-refractivity contribution in [2.75, 3.05) is 6.54 Å². The summed E-state index contributed by atoms with van der Waals surface area (Å²) in [5.41, 5.74) is 8.20. The van der Waals surface area contributed by atoms with Crippen LogP contribution in [0.25, 0.3) is 0 Å². The molecule has 1 fully saturated rings. The molecule has 218 valence electrons. The highest BCUT2D eigenvalue weighted by Gasteiger charge is 2.30. The van der Waals surface area contributed by atoms with Crippen LogP contribution in [0.4, 0.5) is 0 Å². The zero-order chi connectivity index (χ0) is 30.1. The predicted molar refractivity (Wildman–Crippen MR) is 157 cm³/mol. The van der Waals surface area contributed by atoms with Crippen LogP contribution >= 0.6 is 0 Å². The zero-order valence-electron chi connectivity index (χ0n) is 23.4. The fourth-order valence-corrected chi connectivity index (χ4v) is 4.71. The number of carbonyl (C=O) groups is 5. The number of carbonyl (C=O) groups excluding carboxylic acids is 5. The maximum absolute atomic E-state index is 13.3. The van der Waals surface area contributed by atoms with Gasteiger partial charge in [-0.05, 0) is 35.7 Å². The van der Waals surface area contributed by atoms with Gasteiger partial charge < -0.3 is 26.6 Å². The maximum atomic E-state index is 13.3. The first kappa shape index (κ1) is 30.0. The minimum Gasteiger partial charge on any atom is -0.368 e. The second kappa shape index (κ2) is 14.1. The van der Waals surface area contributed by atoms with Crippen LogP contribution in [-0.2, 0) is 38.6 Å². The van der Waals surface area contributed by atoms with E-state index >= 15 is 0 Å². The predicted octanol–water partition coefficient (Wildman–Crippen LogP) is 1.48. The molecule has 0 bridgehead atoms. The lowest BCUT2D eigenvalue weighted by Crippen LogP contribution is -2.52. The molecule has 0 aliphatic carbocycles. The van der Waals surface area contributed by atoms with Gasteiger partial charge >= 0.3 is 0 Å². The van der Waals surface area contributed by atoms with Crippen molar-refractivity contribution in [3.63, 3.8) is 0 Å². The van der Waals surface area contributed by atoms with E-state index in [1.54, 1.807) is 29.2 Å². The average Bonchev–Trinajstić information content (AvgIpc) is 3.11. The van der Waals surface area contributed by atoms with Crippen molar-refractivity contribution in [3.05, 3.63) is 107 Å². The van der Waals surface area contributed by atoms with Crippen LogP contribution in [0.1, 0.15) is 40.4 Å². The molecular weight excluding hydrogens is 534 g/mol.